The first kappa shape index (κ1) is 16.4. The number of para-hydroxylation sites is 2. The summed E-state index contributed by atoms with van der Waals surface area (Å²) < 4.78 is 8.46. The molecule has 0 atom stereocenters. The highest BCUT2D eigenvalue weighted by Gasteiger charge is 2.20. The molecule has 0 amide bonds. The summed E-state index contributed by atoms with van der Waals surface area (Å²) in [6, 6.07) is 27.9. The van der Waals surface area contributed by atoms with E-state index in [9.17, 15) is 10.0 Å². The van der Waals surface area contributed by atoms with E-state index in [0.717, 1.165) is 49.4 Å². The Morgan fingerprint density at radius 1 is 0.690 bits per heavy atom. The van der Waals surface area contributed by atoms with Crippen LogP contribution in [0.2, 0.25) is 0 Å². The van der Waals surface area contributed by atoms with Crippen molar-refractivity contribution in [3.05, 3.63) is 84.9 Å². The number of rotatable bonds is 2. The van der Waals surface area contributed by atoms with Crippen LogP contribution in [0.5, 0.6) is 0 Å². The molecule has 2 heterocycles. The van der Waals surface area contributed by atoms with E-state index in [4.69, 9.17) is 4.42 Å². The van der Waals surface area contributed by atoms with Crippen LogP contribution in [-0.2, 0) is 0 Å². The van der Waals surface area contributed by atoms with Crippen LogP contribution in [-0.4, -0.2) is 21.7 Å². The number of aromatic nitrogens is 1. The van der Waals surface area contributed by atoms with Gasteiger partial charge in [0.25, 0.3) is 0 Å². The molecule has 6 aromatic rings. The lowest BCUT2D eigenvalue weighted by atomic mass is 9.80. The van der Waals surface area contributed by atoms with Gasteiger partial charge in [-0.15, -0.1) is 0 Å². The first-order chi connectivity index (χ1) is 14.2. The Balaban J connectivity index is 1.87. The van der Waals surface area contributed by atoms with E-state index in [-0.39, 0.29) is 0 Å². The summed E-state index contributed by atoms with van der Waals surface area (Å²) in [6.45, 7) is 0. The van der Waals surface area contributed by atoms with Crippen LogP contribution in [0.1, 0.15) is 0 Å². The van der Waals surface area contributed by atoms with E-state index in [1.807, 2.05) is 60.7 Å². The van der Waals surface area contributed by atoms with Gasteiger partial charge in [-0.25, -0.2) is 0 Å². The van der Waals surface area contributed by atoms with E-state index < -0.39 is 7.12 Å². The minimum Gasteiger partial charge on any atom is -0.454 e. The van der Waals surface area contributed by atoms with Gasteiger partial charge in [0.15, 0.2) is 5.58 Å². The molecule has 0 saturated carbocycles. The third-order valence-electron chi connectivity index (χ3n) is 5.61. The van der Waals surface area contributed by atoms with Gasteiger partial charge < -0.3 is 19.0 Å². The minimum atomic E-state index is -1.52. The fourth-order valence-corrected chi connectivity index (χ4v) is 4.30. The molecule has 0 bridgehead atoms. The first-order valence-corrected chi connectivity index (χ1v) is 9.52. The molecule has 0 fully saturated rings. The second kappa shape index (κ2) is 5.98. The molecule has 29 heavy (non-hydrogen) atoms. The van der Waals surface area contributed by atoms with Crippen LogP contribution in [0, 0.1) is 0 Å². The van der Waals surface area contributed by atoms with Crippen LogP contribution in [0.25, 0.3) is 49.4 Å². The molecule has 2 N–H and O–H groups in total. The summed E-state index contributed by atoms with van der Waals surface area (Å²) in [5.41, 5.74) is 5.01. The van der Waals surface area contributed by atoms with E-state index in [2.05, 4.69) is 22.8 Å². The van der Waals surface area contributed by atoms with E-state index in [1.165, 1.54) is 0 Å². The third kappa shape index (κ3) is 2.29. The molecule has 138 valence electrons. The quantitative estimate of drug-likeness (QED) is 0.441. The van der Waals surface area contributed by atoms with Crippen LogP contribution in [0.3, 0.4) is 0 Å². The molecule has 6 rings (SSSR count). The summed E-state index contributed by atoms with van der Waals surface area (Å²) >= 11 is 0. The zero-order chi connectivity index (χ0) is 19.5. The average Bonchev–Trinajstić information content (AvgIpc) is 3.29. The second-order valence-electron chi connectivity index (χ2n) is 7.26. The van der Waals surface area contributed by atoms with Gasteiger partial charge in [0.1, 0.15) is 5.58 Å². The number of hydrogen-bond donors (Lipinski definition) is 2. The van der Waals surface area contributed by atoms with Crippen LogP contribution in [0.15, 0.2) is 89.3 Å². The maximum atomic E-state index is 9.71. The van der Waals surface area contributed by atoms with Crippen molar-refractivity contribution in [2.24, 2.45) is 0 Å². The van der Waals surface area contributed by atoms with Crippen LogP contribution < -0.4 is 5.46 Å². The Labute approximate surface area is 166 Å². The normalized spacial score (nSPS) is 11.8. The van der Waals surface area contributed by atoms with Crippen molar-refractivity contribution in [1.29, 1.82) is 0 Å². The lowest BCUT2D eigenvalue weighted by Crippen LogP contribution is -2.29. The van der Waals surface area contributed by atoms with Crippen molar-refractivity contribution >= 4 is 56.3 Å². The topological polar surface area (TPSA) is 58.5 Å². The minimum absolute atomic E-state index is 0.457. The number of benzene rings is 4. The van der Waals surface area contributed by atoms with Gasteiger partial charge in [-0.1, -0.05) is 54.6 Å². The molecule has 2 aromatic heterocycles. The Hall–Kier alpha value is -3.54. The third-order valence-corrected chi connectivity index (χ3v) is 5.61. The Bertz CT molecular complexity index is 1530. The fourth-order valence-electron chi connectivity index (χ4n) is 4.30. The summed E-state index contributed by atoms with van der Waals surface area (Å²) in [6.07, 6.45) is 0. The van der Waals surface area contributed by atoms with Gasteiger partial charge in [0.2, 0.25) is 0 Å². The highest BCUT2D eigenvalue weighted by Crippen LogP contribution is 2.39. The molecule has 5 heteroatoms. The van der Waals surface area contributed by atoms with Crippen molar-refractivity contribution in [3.63, 3.8) is 0 Å². The number of fused-ring (bicyclic) bond motifs is 7. The molecule has 0 aliphatic rings. The summed E-state index contributed by atoms with van der Waals surface area (Å²) in [5.74, 6) is 0. The standard InChI is InChI=1S/C24H16BNO3/c27-25(28)15-10-11-17-19-12-13-20-18-8-4-5-9-22(18)29-24(20)23(19)26(21(17)14-15)16-6-2-1-3-7-16/h1-14,27-28H. The molecule has 0 saturated heterocycles. The first-order valence-electron chi connectivity index (χ1n) is 9.52. The fraction of sp³-hybridized carbons (Fsp3) is 0. The highest BCUT2D eigenvalue weighted by atomic mass is 16.4. The summed E-state index contributed by atoms with van der Waals surface area (Å²) in [5, 5.41) is 23.7. The van der Waals surface area contributed by atoms with Gasteiger partial charge in [0, 0.05) is 27.2 Å². The molecule has 0 spiro atoms. The Morgan fingerprint density at radius 2 is 1.41 bits per heavy atom. The predicted octanol–water partition coefficient (Wildman–Crippen LogP) is 4.36. The number of nitrogens with zero attached hydrogens (tertiary/aromatic N) is 1. The van der Waals surface area contributed by atoms with Crippen LogP contribution >= 0.6 is 0 Å². The maximum Gasteiger partial charge on any atom is 0.488 e. The zero-order valence-corrected chi connectivity index (χ0v) is 15.4. The lowest BCUT2D eigenvalue weighted by Gasteiger charge is -2.08. The molecule has 0 aliphatic heterocycles. The van der Waals surface area contributed by atoms with Gasteiger partial charge in [-0.3, -0.25) is 0 Å². The van der Waals surface area contributed by atoms with Crippen molar-refractivity contribution in [3.8, 4) is 5.69 Å². The summed E-state index contributed by atoms with van der Waals surface area (Å²) in [7, 11) is -1.52. The predicted molar refractivity (Wildman–Crippen MR) is 118 cm³/mol. The molecular formula is C24H16BNO3. The molecule has 4 aromatic carbocycles. The molecule has 4 nitrogen and oxygen atoms in total. The molecule has 0 unspecified atom stereocenters. The summed E-state index contributed by atoms with van der Waals surface area (Å²) in [4.78, 5) is 0. The SMILES string of the molecule is OB(O)c1ccc2c3ccc4c5ccccc5oc4c3n(-c3ccccc3)c2c1. The highest BCUT2D eigenvalue weighted by molar-refractivity contribution is 6.59. The Morgan fingerprint density at radius 3 is 2.24 bits per heavy atom. The van der Waals surface area contributed by atoms with E-state index in [1.54, 1.807) is 6.07 Å². The average molecular weight is 377 g/mol. The van der Waals surface area contributed by atoms with Crippen molar-refractivity contribution in [1.82, 2.24) is 4.57 Å². The van der Waals surface area contributed by atoms with Gasteiger partial charge in [-0.05, 0) is 35.8 Å². The lowest BCUT2D eigenvalue weighted by molar-refractivity contribution is 0.426. The van der Waals surface area contributed by atoms with Crippen molar-refractivity contribution in [2.45, 2.75) is 0 Å². The molecule has 0 aliphatic carbocycles. The van der Waals surface area contributed by atoms with Gasteiger partial charge >= 0.3 is 7.12 Å². The molecule has 0 radical (unpaired) electrons. The number of hydrogen-bond acceptors (Lipinski definition) is 3. The van der Waals surface area contributed by atoms with E-state index >= 15 is 0 Å². The smallest absolute Gasteiger partial charge is 0.454 e. The second-order valence-corrected chi connectivity index (χ2v) is 7.26. The number of furan rings is 1. The van der Waals surface area contributed by atoms with Crippen molar-refractivity contribution in [2.75, 3.05) is 0 Å². The van der Waals surface area contributed by atoms with Crippen molar-refractivity contribution < 1.29 is 14.5 Å². The maximum absolute atomic E-state index is 9.71. The molecular weight excluding hydrogens is 361 g/mol. The zero-order valence-electron chi connectivity index (χ0n) is 15.4. The van der Waals surface area contributed by atoms with Gasteiger partial charge in [0.05, 0.1) is 11.0 Å². The Kier molecular flexibility index (Phi) is 3.39. The van der Waals surface area contributed by atoms with E-state index in [0.29, 0.717) is 5.46 Å². The largest absolute Gasteiger partial charge is 0.488 e. The van der Waals surface area contributed by atoms with Gasteiger partial charge in [-0.2, -0.15) is 0 Å². The van der Waals surface area contributed by atoms with Crippen LogP contribution in [0.4, 0.5) is 0 Å². The monoisotopic (exact) mass is 377 g/mol.